The Balaban J connectivity index is 2.21. The summed E-state index contributed by atoms with van der Waals surface area (Å²) in [4.78, 5) is 47.6. The Bertz CT molecular complexity index is 959. The van der Waals surface area contributed by atoms with Gasteiger partial charge in [-0.25, -0.2) is 4.79 Å². The van der Waals surface area contributed by atoms with E-state index in [0.29, 0.717) is 6.61 Å². The van der Waals surface area contributed by atoms with E-state index in [4.69, 9.17) is 9.47 Å². The van der Waals surface area contributed by atoms with E-state index in [1.165, 1.54) is 38.4 Å². The molecule has 0 fully saturated rings. The Hall–Kier alpha value is -3.79. The number of hydrogen-bond donors (Lipinski definition) is 2. The van der Waals surface area contributed by atoms with Crippen molar-refractivity contribution in [3.8, 4) is 0 Å². The molecule has 0 aliphatic carbocycles. The first-order valence-corrected chi connectivity index (χ1v) is 8.91. The van der Waals surface area contributed by atoms with Crippen molar-refractivity contribution >= 4 is 29.0 Å². The molecule has 0 bridgehead atoms. The Morgan fingerprint density at radius 3 is 2.43 bits per heavy atom. The maximum absolute atomic E-state index is 12.9. The number of esters is 1. The molecule has 0 saturated heterocycles. The van der Waals surface area contributed by atoms with Crippen molar-refractivity contribution in [2.24, 2.45) is 0 Å². The minimum absolute atomic E-state index is 0.00815. The second kappa shape index (κ2) is 10.7. The molecule has 10 nitrogen and oxygen atoms in total. The zero-order valence-electron chi connectivity index (χ0n) is 16.5. The van der Waals surface area contributed by atoms with Crippen LogP contribution in [0.3, 0.4) is 0 Å². The summed E-state index contributed by atoms with van der Waals surface area (Å²) in [5.41, 5.74) is -0.0144. The first kappa shape index (κ1) is 22.5. The number of benzene rings is 2. The molecule has 0 aliphatic rings. The predicted molar refractivity (Wildman–Crippen MR) is 108 cm³/mol. The lowest BCUT2D eigenvalue weighted by Gasteiger charge is -2.10. The third-order valence-electron chi connectivity index (χ3n) is 4.08. The summed E-state index contributed by atoms with van der Waals surface area (Å²) in [5.74, 6) is -1.96. The van der Waals surface area contributed by atoms with Crippen LogP contribution < -0.4 is 10.6 Å². The van der Waals surface area contributed by atoms with Gasteiger partial charge in [-0.15, -0.1) is 0 Å². The lowest BCUT2D eigenvalue weighted by Crippen LogP contribution is -2.31. The van der Waals surface area contributed by atoms with Gasteiger partial charge in [-0.05, 0) is 18.2 Å². The van der Waals surface area contributed by atoms with Crippen LogP contribution in [-0.4, -0.2) is 56.5 Å². The number of hydrogen-bond acceptors (Lipinski definition) is 8. The van der Waals surface area contributed by atoms with Crippen LogP contribution >= 0.6 is 0 Å². The SMILES string of the molecule is CNc1ccc(C(=O)c2ccccc2C(=O)OCC(=O)NCCOC)cc1[N+](=O)[O-]. The molecule has 0 radical (unpaired) electrons. The highest BCUT2D eigenvalue weighted by atomic mass is 16.6. The molecule has 0 saturated carbocycles. The normalized spacial score (nSPS) is 10.2. The molecule has 158 valence electrons. The van der Waals surface area contributed by atoms with Crippen LogP contribution in [0.4, 0.5) is 11.4 Å². The molecule has 2 aromatic rings. The number of nitrogens with zero attached hydrogens (tertiary/aromatic N) is 1. The zero-order chi connectivity index (χ0) is 22.1. The number of nitrogens with one attached hydrogen (secondary N) is 2. The molecule has 2 rings (SSSR count). The fraction of sp³-hybridized carbons (Fsp3) is 0.250. The second-order valence-electron chi connectivity index (χ2n) is 6.03. The maximum Gasteiger partial charge on any atom is 0.339 e. The van der Waals surface area contributed by atoms with Gasteiger partial charge in [0.05, 0.1) is 17.1 Å². The summed E-state index contributed by atoms with van der Waals surface area (Å²) >= 11 is 0. The number of ether oxygens (including phenoxy) is 2. The first-order chi connectivity index (χ1) is 14.4. The van der Waals surface area contributed by atoms with Gasteiger partial charge in [0.1, 0.15) is 5.69 Å². The Kier molecular flexibility index (Phi) is 8.00. The molecule has 1 amide bonds. The standard InChI is InChI=1S/C20H21N3O7/c1-21-16-8-7-13(11-17(16)23(27)28)19(25)14-5-3-4-6-15(14)20(26)30-12-18(24)22-9-10-29-2/h3-8,11,21H,9-10,12H2,1-2H3,(H,22,24). The maximum atomic E-state index is 12.9. The lowest BCUT2D eigenvalue weighted by atomic mass is 9.97. The minimum Gasteiger partial charge on any atom is -0.452 e. The molecule has 0 heterocycles. The molecule has 10 heteroatoms. The van der Waals surface area contributed by atoms with E-state index < -0.39 is 29.2 Å². The highest BCUT2D eigenvalue weighted by molar-refractivity contribution is 6.15. The van der Waals surface area contributed by atoms with Gasteiger partial charge in [-0.1, -0.05) is 18.2 Å². The Labute approximate surface area is 172 Å². The topological polar surface area (TPSA) is 137 Å². The van der Waals surface area contributed by atoms with Crippen molar-refractivity contribution in [1.29, 1.82) is 0 Å². The molecule has 0 spiro atoms. The van der Waals surface area contributed by atoms with Crippen LogP contribution in [-0.2, 0) is 14.3 Å². The van der Waals surface area contributed by atoms with E-state index in [1.54, 1.807) is 12.1 Å². The summed E-state index contributed by atoms with van der Waals surface area (Å²) in [6, 6.07) is 9.86. The number of anilines is 1. The summed E-state index contributed by atoms with van der Waals surface area (Å²) in [5, 5.41) is 16.4. The van der Waals surface area contributed by atoms with E-state index in [0.717, 1.165) is 6.07 Å². The average molecular weight is 415 g/mol. The van der Waals surface area contributed by atoms with E-state index in [2.05, 4.69) is 10.6 Å². The number of rotatable bonds is 10. The van der Waals surface area contributed by atoms with E-state index >= 15 is 0 Å². The second-order valence-corrected chi connectivity index (χ2v) is 6.03. The summed E-state index contributed by atoms with van der Waals surface area (Å²) in [7, 11) is 3.02. The van der Waals surface area contributed by atoms with Gasteiger partial charge in [-0.3, -0.25) is 19.7 Å². The number of carbonyl (C=O) groups is 3. The molecule has 0 aromatic heterocycles. The van der Waals surface area contributed by atoms with Gasteiger partial charge in [0, 0.05) is 37.9 Å². The van der Waals surface area contributed by atoms with Crippen molar-refractivity contribution < 1.29 is 28.8 Å². The Morgan fingerprint density at radius 1 is 1.10 bits per heavy atom. The third-order valence-corrected chi connectivity index (χ3v) is 4.08. The van der Waals surface area contributed by atoms with E-state index in [9.17, 15) is 24.5 Å². The van der Waals surface area contributed by atoms with Gasteiger partial charge >= 0.3 is 5.97 Å². The van der Waals surface area contributed by atoms with E-state index in [1.807, 2.05) is 0 Å². The summed E-state index contributed by atoms with van der Waals surface area (Å²) in [6.07, 6.45) is 0. The highest BCUT2D eigenvalue weighted by Gasteiger charge is 2.22. The summed E-state index contributed by atoms with van der Waals surface area (Å²) < 4.78 is 9.79. The zero-order valence-corrected chi connectivity index (χ0v) is 16.5. The number of nitro benzene ring substituents is 1. The minimum atomic E-state index is -0.859. The molecule has 2 aromatic carbocycles. The van der Waals surface area contributed by atoms with E-state index in [-0.39, 0.29) is 34.6 Å². The number of methoxy groups -OCH3 is 1. The van der Waals surface area contributed by atoms with Gasteiger partial charge in [0.15, 0.2) is 12.4 Å². The van der Waals surface area contributed by atoms with Gasteiger partial charge in [-0.2, -0.15) is 0 Å². The Morgan fingerprint density at radius 2 is 1.80 bits per heavy atom. The molecular formula is C20H21N3O7. The van der Waals surface area contributed by atoms with Crippen molar-refractivity contribution in [1.82, 2.24) is 5.32 Å². The first-order valence-electron chi connectivity index (χ1n) is 8.91. The quantitative estimate of drug-likeness (QED) is 0.197. The van der Waals surface area contributed by atoms with Crippen LogP contribution in [0.1, 0.15) is 26.3 Å². The van der Waals surface area contributed by atoms with Gasteiger partial charge in [0.25, 0.3) is 11.6 Å². The fourth-order valence-corrected chi connectivity index (χ4v) is 2.60. The largest absolute Gasteiger partial charge is 0.452 e. The monoisotopic (exact) mass is 415 g/mol. The van der Waals surface area contributed by atoms with Crippen molar-refractivity contribution in [3.05, 3.63) is 69.3 Å². The predicted octanol–water partition coefficient (Wildman–Crippen LogP) is 1.79. The smallest absolute Gasteiger partial charge is 0.339 e. The number of amides is 1. The molecular weight excluding hydrogens is 394 g/mol. The third kappa shape index (κ3) is 5.61. The lowest BCUT2D eigenvalue weighted by molar-refractivity contribution is -0.384. The molecule has 0 unspecified atom stereocenters. The molecule has 0 atom stereocenters. The molecule has 2 N–H and O–H groups in total. The molecule has 0 aliphatic heterocycles. The van der Waals surface area contributed by atoms with Crippen LogP contribution in [0.25, 0.3) is 0 Å². The highest BCUT2D eigenvalue weighted by Crippen LogP contribution is 2.27. The van der Waals surface area contributed by atoms with Crippen molar-refractivity contribution in [2.45, 2.75) is 0 Å². The molecule has 30 heavy (non-hydrogen) atoms. The van der Waals surface area contributed by atoms with Crippen molar-refractivity contribution in [2.75, 3.05) is 39.2 Å². The number of carbonyl (C=O) groups excluding carboxylic acids is 3. The van der Waals surface area contributed by atoms with Gasteiger partial charge < -0.3 is 20.1 Å². The van der Waals surface area contributed by atoms with Crippen LogP contribution in [0, 0.1) is 10.1 Å². The van der Waals surface area contributed by atoms with Crippen molar-refractivity contribution in [3.63, 3.8) is 0 Å². The van der Waals surface area contributed by atoms with Crippen LogP contribution in [0.2, 0.25) is 0 Å². The summed E-state index contributed by atoms with van der Waals surface area (Å²) in [6.45, 7) is 0.0618. The van der Waals surface area contributed by atoms with Crippen LogP contribution in [0.5, 0.6) is 0 Å². The fourth-order valence-electron chi connectivity index (χ4n) is 2.60. The number of nitro groups is 1. The van der Waals surface area contributed by atoms with Crippen LogP contribution in [0.15, 0.2) is 42.5 Å². The van der Waals surface area contributed by atoms with Gasteiger partial charge in [0.2, 0.25) is 0 Å². The number of ketones is 1. The average Bonchev–Trinajstić information content (AvgIpc) is 2.76.